The Labute approximate surface area is 223 Å². The maximum absolute atomic E-state index is 13.4. The molecule has 0 saturated carbocycles. The predicted molar refractivity (Wildman–Crippen MR) is 143 cm³/mol. The Morgan fingerprint density at radius 1 is 1.21 bits per heavy atom. The van der Waals surface area contributed by atoms with Crippen LogP contribution in [0.25, 0.3) is 0 Å². The van der Waals surface area contributed by atoms with Crippen LogP contribution >= 0.6 is 0 Å². The molecule has 0 aliphatic carbocycles. The molecule has 38 heavy (non-hydrogen) atoms. The number of ether oxygens (including phenoxy) is 2. The second kappa shape index (κ2) is 13.3. The molecule has 1 atom stereocenters. The minimum Gasteiger partial charge on any atom is -0.477 e. The van der Waals surface area contributed by atoms with Crippen LogP contribution in [0.4, 0.5) is 22.2 Å². The molecule has 2 aliphatic rings. The van der Waals surface area contributed by atoms with E-state index in [-0.39, 0.29) is 17.8 Å². The third kappa shape index (κ3) is 7.48. The average Bonchev–Trinajstić information content (AvgIpc) is 2.89. The molecule has 2 aliphatic heterocycles. The van der Waals surface area contributed by atoms with E-state index in [9.17, 15) is 14.7 Å². The van der Waals surface area contributed by atoms with Crippen LogP contribution in [0.1, 0.15) is 64.5 Å². The number of anilines is 3. The van der Waals surface area contributed by atoms with E-state index < -0.39 is 17.7 Å². The highest BCUT2D eigenvalue weighted by Gasteiger charge is 2.39. The first-order valence-electron chi connectivity index (χ1n) is 13.1. The van der Waals surface area contributed by atoms with Crippen molar-refractivity contribution in [2.75, 3.05) is 48.0 Å². The summed E-state index contributed by atoms with van der Waals surface area (Å²) in [5, 5.41) is 15.0. The van der Waals surface area contributed by atoms with Gasteiger partial charge in [-0.05, 0) is 33.6 Å². The monoisotopic (exact) mass is 530 g/mol. The van der Waals surface area contributed by atoms with Gasteiger partial charge in [0.1, 0.15) is 0 Å². The lowest BCUT2D eigenvalue weighted by molar-refractivity contribution is -0.176. The summed E-state index contributed by atoms with van der Waals surface area (Å²) in [6, 6.07) is 1.03. The predicted octanol–water partition coefficient (Wildman–Crippen LogP) is 2.58. The van der Waals surface area contributed by atoms with E-state index in [2.05, 4.69) is 35.5 Å². The zero-order chi connectivity index (χ0) is 27.7. The maximum atomic E-state index is 13.4. The van der Waals surface area contributed by atoms with E-state index in [1.54, 1.807) is 31.0 Å². The summed E-state index contributed by atoms with van der Waals surface area (Å²) >= 11 is 0. The van der Waals surface area contributed by atoms with Crippen LogP contribution in [-0.2, 0) is 4.74 Å². The number of piperidine rings is 1. The topological polar surface area (TPSA) is 155 Å². The molecule has 1 saturated heterocycles. The van der Waals surface area contributed by atoms with Gasteiger partial charge in [-0.2, -0.15) is 4.98 Å². The Kier molecular flexibility index (Phi) is 10.1. The molecule has 0 radical (unpaired) electrons. The Morgan fingerprint density at radius 3 is 2.74 bits per heavy atom. The molecule has 13 nitrogen and oxygen atoms in total. The minimum absolute atomic E-state index is 0.00906. The molecular weight excluding hydrogens is 492 g/mol. The normalized spacial score (nSPS) is 16.1. The Bertz CT molecular complexity index is 1090. The molecule has 13 heteroatoms. The summed E-state index contributed by atoms with van der Waals surface area (Å²) in [5.74, 6) is -0.808. The first kappa shape index (κ1) is 29.0. The highest BCUT2D eigenvalue weighted by molar-refractivity contribution is 6.04. The second-order valence-electron chi connectivity index (χ2n) is 9.02. The van der Waals surface area contributed by atoms with Gasteiger partial charge >= 0.3 is 6.03 Å². The molecule has 2 bridgehead atoms. The Balaban J connectivity index is 0.00000195. The molecule has 1 unspecified atom stereocenters. The second-order valence-corrected chi connectivity index (χ2v) is 9.02. The van der Waals surface area contributed by atoms with E-state index in [0.717, 1.165) is 19.4 Å². The van der Waals surface area contributed by atoms with Gasteiger partial charge in [-0.1, -0.05) is 13.8 Å². The molecule has 2 aromatic heterocycles. The standard InChI is InChI=1S/C23H32N8O5.C2H6/c1-4-24-20(32)18-26-13-16-19(28-18)31(15-7-5-10-30(16)14-15)22(33)29-21-25-9-8-17(27-21)35-11-6-12-36-23(2,3)34;1-2/h8-9,13,15,34H,4-7,10-12,14H2,1-3H3,(H,24,32)(H,25,27,29,33);1-2H3. The smallest absolute Gasteiger partial charge is 0.330 e. The van der Waals surface area contributed by atoms with Crippen molar-refractivity contribution in [3.05, 3.63) is 24.3 Å². The largest absolute Gasteiger partial charge is 0.477 e. The summed E-state index contributed by atoms with van der Waals surface area (Å²) in [7, 11) is 0. The van der Waals surface area contributed by atoms with Crippen LogP contribution in [0, 0.1) is 0 Å². The van der Waals surface area contributed by atoms with Crippen molar-refractivity contribution in [1.82, 2.24) is 25.3 Å². The number of nitrogens with one attached hydrogen (secondary N) is 2. The SMILES string of the molecule is CC.CCNC(=O)c1ncc2c(n1)N(C(=O)Nc1nccc(OCCCOC(C)(C)O)n1)C1CCCN2C1. The lowest BCUT2D eigenvalue weighted by Crippen LogP contribution is -2.56. The fourth-order valence-electron chi connectivity index (χ4n) is 4.13. The van der Waals surface area contributed by atoms with E-state index in [1.807, 2.05) is 20.8 Å². The van der Waals surface area contributed by atoms with Crippen molar-refractivity contribution < 1.29 is 24.2 Å². The molecule has 0 aromatic carbocycles. The average molecular weight is 531 g/mol. The summed E-state index contributed by atoms with van der Waals surface area (Å²) in [6.07, 6.45) is 5.37. The van der Waals surface area contributed by atoms with E-state index in [1.165, 1.54) is 6.20 Å². The third-order valence-electron chi connectivity index (χ3n) is 5.68. The van der Waals surface area contributed by atoms with Crippen molar-refractivity contribution in [3.63, 3.8) is 0 Å². The van der Waals surface area contributed by atoms with Crippen LogP contribution in [0.5, 0.6) is 5.88 Å². The molecule has 3 N–H and O–H groups in total. The summed E-state index contributed by atoms with van der Waals surface area (Å²) < 4.78 is 10.9. The quantitative estimate of drug-likeness (QED) is 0.325. The van der Waals surface area contributed by atoms with Gasteiger partial charge in [-0.25, -0.2) is 19.7 Å². The molecule has 3 amide bonds. The number of rotatable bonds is 9. The summed E-state index contributed by atoms with van der Waals surface area (Å²) in [4.78, 5) is 46.5. The minimum atomic E-state index is -1.19. The van der Waals surface area contributed by atoms with Gasteiger partial charge in [0.2, 0.25) is 17.7 Å². The lowest BCUT2D eigenvalue weighted by atomic mass is 10.0. The lowest BCUT2D eigenvalue weighted by Gasteiger charge is -2.45. The van der Waals surface area contributed by atoms with Gasteiger partial charge in [0.15, 0.2) is 11.6 Å². The number of aromatic nitrogens is 4. The van der Waals surface area contributed by atoms with Crippen molar-refractivity contribution in [2.24, 2.45) is 0 Å². The van der Waals surface area contributed by atoms with Crippen molar-refractivity contribution in [2.45, 2.75) is 65.7 Å². The number of fused-ring (bicyclic) bond motifs is 4. The molecule has 2 aromatic rings. The number of amides is 3. The van der Waals surface area contributed by atoms with Gasteiger partial charge in [0.25, 0.3) is 5.91 Å². The molecule has 1 fully saturated rings. The highest BCUT2D eigenvalue weighted by Crippen LogP contribution is 2.37. The number of aliphatic hydroxyl groups is 1. The van der Waals surface area contributed by atoms with Crippen LogP contribution in [0.2, 0.25) is 0 Å². The van der Waals surface area contributed by atoms with Gasteiger partial charge in [-0.3, -0.25) is 15.0 Å². The van der Waals surface area contributed by atoms with Gasteiger partial charge in [0.05, 0.1) is 31.1 Å². The van der Waals surface area contributed by atoms with Crippen LogP contribution in [0.15, 0.2) is 18.5 Å². The number of hydrogen-bond acceptors (Lipinski definition) is 10. The van der Waals surface area contributed by atoms with Gasteiger partial charge in [0, 0.05) is 38.3 Å². The van der Waals surface area contributed by atoms with Crippen LogP contribution < -0.4 is 25.2 Å². The Hall–Kier alpha value is -3.58. The third-order valence-corrected chi connectivity index (χ3v) is 5.68. The fraction of sp³-hybridized carbons (Fsp3) is 0.600. The Morgan fingerprint density at radius 2 is 2.00 bits per heavy atom. The van der Waals surface area contributed by atoms with Crippen LogP contribution in [-0.4, -0.2) is 81.7 Å². The number of carbonyl (C=O) groups is 2. The fourth-order valence-corrected chi connectivity index (χ4v) is 4.13. The van der Waals surface area contributed by atoms with E-state index >= 15 is 0 Å². The number of carbonyl (C=O) groups excluding carboxylic acids is 2. The molecule has 4 heterocycles. The number of hydrogen-bond donors (Lipinski definition) is 3. The highest BCUT2D eigenvalue weighted by atomic mass is 16.6. The zero-order valence-electron chi connectivity index (χ0n) is 22.7. The van der Waals surface area contributed by atoms with Crippen molar-refractivity contribution in [3.8, 4) is 5.88 Å². The first-order chi connectivity index (χ1) is 18.2. The van der Waals surface area contributed by atoms with Crippen molar-refractivity contribution >= 4 is 29.4 Å². The van der Waals surface area contributed by atoms with Gasteiger partial charge in [-0.15, -0.1) is 0 Å². The molecule has 208 valence electrons. The maximum Gasteiger partial charge on any atom is 0.330 e. The van der Waals surface area contributed by atoms with E-state index in [0.29, 0.717) is 50.1 Å². The summed E-state index contributed by atoms with van der Waals surface area (Å²) in [5.41, 5.74) is 0.709. The van der Waals surface area contributed by atoms with Gasteiger partial charge < -0.3 is 24.8 Å². The number of urea groups is 1. The zero-order valence-corrected chi connectivity index (χ0v) is 22.7. The molecule has 4 rings (SSSR count). The molecular formula is C25H38N8O5. The number of nitrogens with zero attached hydrogens (tertiary/aromatic N) is 6. The van der Waals surface area contributed by atoms with Crippen LogP contribution in [0.3, 0.4) is 0 Å². The van der Waals surface area contributed by atoms with E-state index in [4.69, 9.17) is 9.47 Å². The molecule has 0 spiro atoms. The first-order valence-corrected chi connectivity index (χ1v) is 13.1. The van der Waals surface area contributed by atoms with Crippen molar-refractivity contribution in [1.29, 1.82) is 0 Å². The summed E-state index contributed by atoms with van der Waals surface area (Å²) in [6.45, 7) is 11.5.